The quantitative estimate of drug-likeness (QED) is 0.621. The van der Waals surface area contributed by atoms with E-state index in [1.54, 1.807) is 66.7 Å². The Bertz CT molecular complexity index is 1140. The second-order valence-corrected chi connectivity index (χ2v) is 7.65. The lowest BCUT2D eigenvalue weighted by atomic mass is 9.99. The summed E-state index contributed by atoms with van der Waals surface area (Å²) < 4.78 is 0. The summed E-state index contributed by atoms with van der Waals surface area (Å²) in [7, 11) is 1.53. The Balaban J connectivity index is 1.60. The average Bonchev–Trinajstić information content (AvgIpc) is 3.03. The maximum absolute atomic E-state index is 13.0. The standard InChI is InChI=1S/C24H19ClN2O4/c1-26(21(28)14-27-23(30)17-9-5-6-10-18(17)24(27)31)20-12-11-16(25)13-19(20)22(29)15-7-3-2-4-8-15/h2-13,22,29H,14H2,1H3. The van der Waals surface area contributed by atoms with Crippen LogP contribution >= 0.6 is 11.6 Å². The van der Waals surface area contributed by atoms with Crippen LogP contribution in [0.1, 0.15) is 37.9 Å². The Morgan fingerprint density at radius 1 is 0.968 bits per heavy atom. The fourth-order valence-electron chi connectivity index (χ4n) is 3.62. The smallest absolute Gasteiger partial charge is 0.262 e. The molecule has 0 saturated carbocycles. The molecule has 1 aliphatic heterocycles. The second-order valence-electron chi connectivity index (χ2n) is 7.21. The Labute approximate surface area is 184 Å². The number of hydrogen-bond donors (Lipinski definition) is 1. The lowest BCUT2D eigenvalue weighted by Crippen LogP contribution is -2.41. The van der Waals surface area contributed by atoms with Crippen molar-refractivity contribution in [1.29, 1.82) is 0 Å². The second kappa shape index (κ2) is 8.34. The number of carbonyl (C=O) groups is 3. The van der Waals surface area contributed by atoms with Crippen molar-refractivity contribution < 1.29 is 19.5 Å². The molecular weight excluding hydrogens is 416 g/mol. The maximum Gasteiger partial charge on any atom is 0.262 e. The lowest BCUT2D eigenvalue weighted by molar-refractivity contribution is -0.118. The third-order valence-electron chi connectivity index (χ3n) is 5.31. The number of amides is 3. The summed E-state index contributed by atoms with van der Waals surface area (Å²) in [6.07, 6.45) is -1.01. The number of likely N-dealkylation sites (N-methyl/N-ethyl adjacent to an activating group) is 1. The first kappa shape index (κ1) is 20.8. The number of carbonyl (C=O) groups excluding carboxylic acids is 3. The van der Waals surface area contributed by atoms with E-state index in [0.717, 1.165) is 4.90 Å². The van der Waals surface area contributed by atoms with Gasteiger partial charge in [0, 0.05) is 23.3 Å². The first-order chi connectivity index (χ1) is 14.9. The van der Waals surface area contributed by atoms with E-state index < -0.39 is 30.4 Å². The van der Waals surface area contributed by atoms with Gasteiger partial charge >= 0.3 is 0 Å². The molecule has 0 spiro atoms. The molecule has 0 aromatic heterocycles. The number of anilines is 1. The van der Waals surface area contributed by atoms with E-state index in [-0.39, 0.29) is 11.1 Å². The molecule has 0 fully saturated rings. The largest absolute Gasteiger partial charge is 0.384 e. The molecule has 6 nitrogen and oxygen atoms in total. The van der Waals surface area contributed by atoms with Gasteiger partial charge < -0.3 is 10.0 Å². The molecule has 0 bridgehead atoms. The van der Waals surface area contributed by atoms with Crippen molar-refractivity contribution in [2.24, 2.45) is 0 Å². The van der Waals surface area contributed by atoms with Crippen LogP contribution in [0.2, 0.25) is 5.02 Å². The summed E-state index contributed by atoms with van der Waals surface area (Å²) >= 11 is 6.15. The molecule has 1 N–H and O–H groups in total. The zero-order valence-corrected chi connectivity index (χ0v) is 17.4. The van der Waals surface area contributed by atoms with Crippen LogP contribution < -0.4 is 4.90 Å². The van der Waals surface area contributed by atoms with Crippen LogP contribution in [-0.4, -0.2) is 41.3 Å². The molecule has 3 amide bonds. The Morgan fingerprint density at radius 3 is 2.16 bits per heavy atom. The van der Waals surface area contributed by atoms with Crippen LogP contribution in [-0.2, 0) is 4.79 Å². The number of benzene rings is 3. The molecule has 4 rings (SSSR count). The average molecular weight is 435 g/mol. The number of rotatable bonds is 5. The zero-order valence-electron chi connectivity index (χ0n) is 16.7. The van der Waals surface area contributed by atoms with Gasteiger partial charge in [0.15, 0.2) is 0 Å². The molecular formula is C24H19ClN2O4. The summed E-state index contributed by atoms with van der Waals surface area (Å²) in [5.74, 6) is -1.47. The third-order valence-corrected chi connectivity index (χ3v) is 5.54. The minimum Gasteiger partial charge on any atom is -0.384 e. The number of halogens is 1. The molecule has 0 saturated heterocycles. The highest BCUT2D eigenvalue weighted by Gasteiger charge is 2.37. The van der Waals surface area contributed by atoms with Gasteiger partial charge in [-0.15, -0.1) is 0 Å². The minimum atomic E-state index is -1.01. The summed E-state index contributed by atoms with van der Waals surface area (Å²) in [6.45, 7) is -0.410. The number of imide groups is 1. The predicted molar refractivity (Wildman–Crippen MR) is 117 cm³/mol. The van der Waals surface area contributed by atoms with E-state index in [2.05, 4.69) is 0 Å². The van der Waals surface area contributed by atoms with E-state index in [0.29, 0.717) is 21.8 Å². The Morgan fingerprint density at radius 2 is 1.55 bits per heavy atom. The van der Waals surface area contributed by atoms with Crippen LogP contribution in [0.15, 0.2) is 72.8 Å². The summed E-state index contributed by atoms with van der Waals surface area (Å²) in [5, 5.41) is 11.3. The van der Waals surface area contributed by atoms with Crippen molar-refractivity contribution in [3.05, 3.63) is 100 Å². The van der Waals surface area contributed by atoms with Gasteiger partial charge in [-0.1, -0.05) is 54.1 Å². The van der Waals surface area contributed by atoms with Gasteiger partial charge in [-0.05, 0) is 35.9 Å². The topological polar surface area (TPSA) is 77.9 Å². The van der Waals surface area contributed by atoms with Crippen molar-refractivity contribution >= 4 is 35.0 Å². The lowest BCUT2D eigenvalue weighted by Gasteiger charge is -2.25. The highest BCUT2D eigenvalue weighted by Crippen LogP contribution is 2.33. The maximum atomic E-state index is 13.0. The van der Waals surface area contributed by atoms with Crippen LogP contribution in [0, 0.1) is 0 Å². The van der Waals surface area contributed by atoms with Gasteiger partial charge in [-0.3, -0.25) is 19.3 Å². The van der Waals surface area contributed by atoms with E-state index >= 15 is 0 Å². The molecule has 0 radical (unpaired) electrons. The number of aliphatic hydroxyl groups excluding tert-OH is 1. The van der Waals surface area contributed by atoms with Crippen LogP contribution in [0.25, 0.3) is 0 Å². The van der Waals surface area contributed by atoms with Gasteiger partial charge in [-0.25, -0.2) is 0 Å². The van der Waals surface area contributed by atoms with Gasteiger partial charge in [-0.2, -0.15) is 0 Å². The summed E-state index contributed by atoms with van der Waals surface area (Å²) in [6, 6.07) is 20.3. The van der Waals surface area contributed by atoms with E-state index in [9.17, 15) is 19.5 Å². The van der Waals surface area contributed by atoms with Crippen LogP contribution in [0.4, 0.5) is 5.69 Å². The SMILES string of the molecule is CN(C(=O)CN1C(=O)c2ccccc2C1=O)c1ccc(Cl)cc1C(O)c1ccccc1. The molecule has 3 aromatic rings. The summed E-state index contributed by atoms with van der Waals surface area (Å²) in [5.41, 5.74) is 2.09. The van der Waals surface area contributed by atoms with Crippen molar-refractivity contribution in [2.45, 2.75) is 6.10 Å². The molecule has 1 heterocycles. The van der Waals surface area contributed by atoms with Crippen molar-refractivity contribution in [2.75, 3.05) is 18.5 Å². The van der Waals surface area contributed by atoms with Crippen molar-refractivity contribution in [1.82, 2.24) is 4.90 Å². The molecule has 156 valence electrons. The summed E-state index contributed by atoms with van der Waals surface area (Å²) in [4.78, 5) is 40.4. The van der Waals surface area contributed by atoms with Crippen molar-refractivity contribution in [3.63, 3.8) is 0 Å². The minimum absolute atomic E-state index is 0.287. The molecule has 1 aliphatic rings. The third kappa shape index (κ3) is 3.83. The fourth-order valence-corrected chi connectivity index (χ4v) is 3.80. The molecule has 1 atom stereocenters. The highest BCUT2D eigenvalue weighted by molar-refractivity contribution is 6.30. The monoisotopic (exact) mass is 434 g/mol. The van der Waals surface area contributed by atoms with Gasteiger partial charge in [0.25, 0.3) is 11.8 Å². The number of hydrogen-bond acceptors (Lipinski definition) is 4. The zero-order chi connectivity index (χ0) is 22.1. The van der Waals surface area contributed by atoms with Crippen LogP contribution in [0.3, 0.4) is 0 Å². The van der Waals surface area contributed by atoms with Crippen LogP contribution in [0.5, 0.6) is 0 Å². The fraction of sp³-hybridized carbons (Fsp3) is 0.125. The Hall–Kier alpha value is -3.48. The molecule has 7 heteroatoms. The number of fused-ring (bicyclic) bond motifs is 1. The predicted octanol–water partition coefficient (Wildman–Crippen LogP) is 3.68. The van der Waals surface area contributed by atoms with E-state index in [1.165, 1.54) is 11.9 Å². The molecule has 31 heavy (non-hydrogen) atoms. The number of aliphatic hydroxyl groups is 1. The van der Waals surface area contributed by atoms with Gasteiger partial charge in [0.05, 0.1) is 11.1 Å². The first-order valence-electron chi connectivity index (χ1n) is 9.62. The first-order valence-corrected chi connectivity index (χ1v) is 10.0. The molecule has 3 aromatic carbocycles. The molecule has 1 unspecified atom stereocenters. The number of nitrogens with zero attached hydrogens (tertiary/aromatic N) is 2. The van der Waals surface area contributed by atoms with Crippen molar-refractivity contribution in [3.8, 4) is 0 Å². The van der Waals surface area contributed by atoms with Gasteiger partial charge in [0.1, 0.15) is 12.6 Å². The van der Waals surface area contributed by atoms with E-state index in [4.69, 9.17) is 11.6 Å². The van der Waals surface area contributed by atoms with Gasteiger partial charge in [0.2, 0.25) is 5.91 Å². The normalized spacial score (nSPS) is 13.8. The van der Waals surface area contributed by atoms with E-state index in [1.807, 2.05) is 6.07 Å². The molecule has 0 aliphatic carbocycles. The highest BCUT2D eigenvalue weighted by atomic mass is 35.5. The Kier molecular flexibility index (Phi) is 5.59.